The van der Waals surface area contributed by atoms with Crippen LogP contribution in [0.5, 0.6) is 0 Å². The van der Waals surface area contributed by atoms with E-state index in [0.717, 1.165) is 19.4 Å². The number of likely N-dealkylation sites (N-methyl/N-ethyl adjacent to an activating group) is 1. The van der Waals surface area contributed by atoms with Gasteiger partial charge in [-0.05, 0) is 25.3 Å². The Hall–Kier alpha value is -0.610. The second kappa shape index (κ2) is 5.15. The van der Waals surface area contributed by atoms with Crippen LogP contribution in [0.2, 0.25) is 0 Å². The number of hydrogen-bond donors (Lipinski definition) is 2. The third-order valence-corrected chi connectivity index (χ3v) is 3.20. The largest absolute Gasteiger partial charge is 0.390 e. The zero-order valence-electron chi connectivity index (χ0n) is 10.8. The van der Waals surface area contributed by atoms with Crippen LogP contribution in [-0.2, 0) is 4.79 Å². The number of likely N-dealkylation sites (tertiary alicyclic amines) is 1. The molecule has 1 rings (SSSR count). The molecule has 1 fully saturated rings. The van der Waals surface area contributed by atoms with Crippen molar-refractivity contribution >= 4 is 5.91 Å². The molecule has 4 heteroatoms. The van der Waals surface area contributed by atoms with Crippen molar-refractivity contribution in [3.05, 3.63) is 0 Å². The van der Waals surface area contributed by atoms with E-state index in [1.165, 1.54) is 0 Å². The maximum Gasteiger partial charge on any atom is 0.236 e. The second-order valence-electron chi connectivity index (χ2n) is 5.64. The smallest absolute Gasteiger partial charge is 0.236 e. The van der Waals surface area contributed by atoms with Crippen molar-refractivity contribution in [2.75, 3.05) is 20.1 Å². The van der Waals surface area contributed by atoms with Crippen LogP contribution in [0.4, 0.5) is 0 Å². The highest BCUT2D eigenvalue weighted by molar-refractivity contribution is 5.78. The Bertz CT molecular complexity index is 248. The van der Waals surface area contributed by atoms with Crippen molar-refractivity contribution < 1.29 is 9.90 Å². The molecular formula is C12H24N2O2. The lowest BCUT2D eigenvalue weighted by molar-refractivity contribution is -0.134. The van der Waals surface area contributed by atoms with E-state index in [9.17, 15) is 9.90 Å². The van der Waals surface area contributed by atoms with E-state index < -0.39 is 6.10 Å². The molecule has 0 saturated carbocycles. The normalized spacial score (nSPS) is 23.6. The van der Waals surface area contributed by atoms with E-state index in [2.05, 4.69) is 5.32 Å². The number of carbonyl (C=O) groups is 1. The SMILES string of the molecule is CNCC(=O)N1CCCC1[C@@H](O)C(C)(C)C. The van der Waals surface area contributed by atoms with Gasteiger partial charge < -0.3 is 15.3 Å². The van der Waals surface area contributed by atoms with E-state index in [1.807, 2.05) is 25.7 Å². The highest BCUT2D eigenvalue weighted by Crippen LogP contribution is 2.30. The molecule has 0 spiro atoms. The molecule has 0 aromatic heterocycles. The van der Waals surface area contributed by atoms with Crippen LogP contribution in [0.1, 0.15) is 33.6 Å². The highest BCUT2D eigenvalue weighted by Gasteiger charge is 2.38. The Balaban J connectivity index is 2.69. The summed E-state index contributed by atoms with van der Waals surface area (Å²) in [6, 6.07) is -0.0131. The van der Waals surface area contributed by atoms with Gasteiger partial charge in [-0.2, -0.15) is 0 Å². The summed E-state index contributed by atoms with van der Waals surface area (Å²) in [4.78, 5) is 13.7. The van der Waals surface area contributed by atoms with E-state index in [4.69, 9.17) is 0 Å². The number of amides is 1. The molecule has 1 aliphatic rings. The van der Waals surface area contributed by atoms with Gasteiger partial charge in [-0.3, -0.25) is 4.79 Å². The molecule has 1 aliphatic heterocycles. The lowest BCUT2D eigenvalue weighted by Gasteiger charge is -2.36. The maximum absolute atomic E-state index is 11.8. The molecule has 2 atom stereocenters. The molecule has 2 N–H and O–H groups in total. The van der Waals surface area contributed by atoms with Gasteiger partial charge in [0.2, 0.25) is 5.91 Å². The number of aliphatic hydroxyl groups excluding tert-OH is 1. The van der Waals surface area contributed by atoms with E-state index in [0.29, 0.717) is 6.54 Å². The van der Waals surface area contributed by atoms with Crippen molar-refractivity contribution in [3.8, 4) is 0 Å². The average molecular weight is 228 g/mol. The first-order chi connectivity index (χ1) is 7.38. The minimum absolute atomic E-state index is 0.0131. The predicted octanol–water partition coefficient (Wildman–Crippen LogP) is 0.604. The molecule has 0 bridgehead atoms. The molecule has 0 aliphatic carbocycles. The van der Waals surface area contributed by atoms with Gasteiger partial charge in [0, 0.05) is 6.54 Å². The molecule has 16 heavy (non-hydrogen) atoms. The number of rotatable bonds is 3. The summed E-state index contributed by atoms with van der Waals surface area (Å²) in [7, 11) is 1.77. The Kier molecular flexibility index (Phi) is 4.33. The van der Waals surface area contributed by atoms with Crippen LogP contribution in [0.15, 0.2) is 0 Å². The predicted molar refractivity (Wildman–Crippen MR) is 64.1 cm³/mol. The summed E-state index contributed by atoms with van der Waals surface area (Å²) in [5, 5.41) is 13.1. The van der Waals surface area contributed by atoms with Crippen LogP contribution in [0, 0.1) is 5.41 Å². The van der Waals surface area contributed by atoms with Crippen molar-refractivity contribution in [1.29, 1.82) is 0 Å². The van der Waals surface area contributed by atoms with Gasteiger partial charge in [0.05, 0.1) is 18.7 Å². The topological polar surface area (TPSA) is 52.6 Å². The first-order valence-electron chi connectivity index (χ1n) is 6.00. The number of aliphatic hydroxyl groups is 1. The Morgan fingerprint density at radius 2 is 2.19 bits per heavy atom. The Labute approximate surface area is 98.0 Å². The van der Waals surface area contributed by atoms with Gasteiger partial charge in [-0.1, -0.05) is 20.8 Å². The van der Waals surface area contributed by atoms with Gasteiger partial charge >= 0.3 is 0 Å². The Morgan fingerprint density at radius 1 is 1.56 bits per heavy atom. The average Bonchev–Trinajstić information content (AvgIpc) is 2.63. The third-order valence-electron chi connectivity index (χ3n) is 3.20. The van der Waals surface area contributed by atoms with Gasteiger partial charge in [0.15, 0.2) is 0 Å². The lowest BCUT2D eigenvalue weighted by atomic mass is 9.84. The fourth-order valence-corrected chi connectivity index (χ4v) is 2.26. The summed E-state index contributed by atoms with van der Waals surface area (Å²) in [5.41, 5.74) is -0.173. The van der Waals surface area contributed by atoms with Crippen molar-refractivity contribution in [2.24, 2.45) is 5.41 Å². The quantitative estimate of drug-likeness (QED) is 0.744. The van der Waals surface area contributed by atoms with Gasteiger partial charge in [-0.15, -0.1) is 0 Å². The van der Waals surface area contributed by atoms with Gasteiger partial charge in [0.25, 0.3) is 0 Å². The van der Waals surface area contributed by atoms with E-state index >= 15 is 0 Å². The van der Waals surface area contributed by atoms with Crippen LogP contribution in [0.3, 0.4) is 0 Å². The number of nitrogens with one attached hydrogen (secondary N) is 1. The molecular weight excluding hydrogens is 204 g/mol. The maximum atomic E-state index is 11.8. The second-order valence-corrected chi connectivity index (χ2v) is 5.64. The number of carbonyl (C=O) groups excluding carboxylic acids is 1. The molecule has 1 heterocycles. The van der Waals surface area contributed by atoms with Gasteiger partial charge in [0.1, 0.15) is 0 Å². The van der Waals surface area contributed by atoms with Gasteiger partial charge in [-0.25, -0.2) is 0 Å². The fourth-order valence-electron chi connectivity index (χ4n) is 2.26. The lowest BCUT2D eigenvalue weighted by Crippen LogP contribution is -2.49. The molecule has 1 saturated heterocycles. The summed E-state index contributed by atoms with van der Waals surface area (Å²) < 4.78 is 0. The molecule has 0 aromatic rings. The fraction of sp³-hybridized carbons (Fsp3) is 0.917. The van der Waals surface area contributed by atoms with Crippen molar-refractivity contribution in [1.82, 2.24) is 10.2 Å². The van der Waals surface area contributed by atoms with E-state index in [-0.39, 0.29) is 17.4 Å². The highest BCUT2D eigenvalue weighted by atomic mass is 16.3. The van der Waals surface area contributed by atoms with Crippen LogP contribution >= 0.6 is 0 Å². The number of nitrogens with zero attached hydrogens (tertiary/aromatic N) is 1. The molecule has 0 radical (unpaired) electrons. The van der Waals surface area contributed by atoms with Crippen molar-refractivity contribution in [3.63, 3.8) is 0 Å². The standard InChI is InChI=1S/C12H24N2O2/c1-12(2,3)11(16)9-6-5-7-14(9)10(15)8-13-4/h9,11,13,16H,5-8H2,1-4H3/t9?,11-/m1/s1. The monoisotopic (exact) mass is 228 g/mol. The number of hydrogen-bond acceptors (Lipinski definition) is 3. The minimum atomic E-state index is -0.448. The molecule has 0 aromatic carbocycles. The first kappa shape index (κ1) is 13.5. The van der Waals surface area contributed by atoms with E-state index in [1.54, 1.807) is 7.05 Å². The van der Waals surface area contributed by atoms with Crippen molar-refractivity contribution in [2.45, 2.75) is 45.8 Å². The third kappa shape index (κ3) is 2.95. The minimum Gasteiger partial charge on any atom is -0.390 e. The van der Waals surface area contributed by atoms with Crippen LogP contribution in [0.25, 0.3) is 0 Å². The molecule has 94 valence electrons. The van der Waals surface area contributed by atoms with Crippen LogP contribution in [-0.4, -0.2) is 48.2 Å². The molecule has 1 amide bonds. The summed E-state index contributed by atoms with van der Waals surface area (Å²) in [6.45, 7) is 7.16. The molecule has 4 nitrogen and oxygen atoms in total. The first-order valence-corrected chi connectivity index (χ1v) is 6.00. The van der Waals surface area contributed by atoms with Crippen LogP contribution < -0.4 is 5.32 Å². The zero-order valence-corrected chi connectivity index (χ0v) is 10.8. The summed E-state index contributed by atoms with van der Waals surface area (Å²) >= 11 is 0. The molecule has 1 unspecified atom stereocenters. The summed E-state index contributed by atoms with van der Waals surface area (Å²) in [5.74, 6) is 0.0910. The zero-order chi connectivity index (χ0) is 12.3. The summed E-state index contributed by atoms with van der Waals surface area (Å²) in [6.07, 6.45) is 1.46. The Morgan fingerprint density at radius 3 is 2.69 bits per heavy atom.